The maximum atomic E-state index is 12.7. The summed E-state index contributed by atoms with van der Waals surface area (Å²) in [5.41, 5.74) is 1.07. The van der Waals surface area contributed by atoms with Gasteiger partial charge in [0.2, 0.25) is 0 Å². The minimum atomic E-state index is -0.609. The molecule has 0 unspecified atom stereocenters. The molecule has 3 aromatic heterocycles. The molecule has 3 heterocycles. The standard InChI is InChI=1S/C20H21N7O4/c1-13-15(23-27(22-13)14-8-5-4-6-9-14)19(29)31-11-7-10-26-18(28)16-17(21-12-24(16)2)25(3)20(26)30/h4-6,8-9,12H,7,10-11H2,1-3H3. The van der Waals surface area contributed by atoms with E-state index >= 15 is 0 Å². The lowest BCUT2D eigenvalue weighted by Gasteiger charge is -2.09. The van der Waals surface area contributed by atoms with E-state index in [1.165, 1.54) is 15.7 Å². The molecule has 0 saturated heterocycles. The monoisotopic (exact) mass is 423 g/mol. The number of aryl methyl sites for hydroxylation is 3. The molecule has 11 nitrogen and oxygen atoms in total. The SMILES string of the molecule is Cc1nn(-c2ccccc2)nc1C(=O)OCCCn1c(=O)c2c(ncn2C)n(C)c1=O. The molecule has 0 N–H and O–H groups in total. The fourth-order valence-corrected chi connectivity index (χ4v) is 3.29. The second-order valence-corrected chi connectivity index (χ2v) is 7.07. The third-order valence-electron chi connectivity index (χ3n) is 4.92. The quantitative estimate of drug-likeness (QED) is 0.328. The summed E-state index contributed by atoms with van der Waals surface area (Å²) < 4.78 is 9.31. The molecular formula is C20H21N7O4. The van der Waals surface area contributed by atoms with Gasteiger partial charge in [-0.05, 0) is 25.5 Å². The zero-order valence-electron chi connectivity index (χ0n) is 17.3. The van der Waals surface area contributed by atoms with Crippen molar-refractivity contribution in [2.24, 2.45) is 14.1 Å². The number of imidazole rings is 1. The number of hydrogen-bond donors (Lipinski definition) is 0. The summed E-state index contributed by atoms with van der Waals surface area (Å²) in [7, 11) is 3.25. The third kappa shape index (κ3) is 3.65. The topological polar surface area (TPSA) is 119 Å². The van der Waals surface area contributed by atoms with Gasteiger partial charge in [-0.25, -0.2) is 14.6 Å². The van der Waals surface area contributed by atoms with E-state index in [1.807, 2.05) is 30.3 Å². The van der Waals surface area contributed by atoms with Crippen molar-refractivity contribution in [3.63, 3.8) is 0 Å². The third-order valence-corrected chi connectivity index (χ3v) is 4.92. The van der Waals surface area contributed by atoms with E-state index in [9.17, 15) is 14.4 Å². The number of para-hydroxylation sites is 1. The highest BCUT2D eigenvalue weighted by molar-refractivity contribution is 5.88. The summed E-state index contributed by atoms with van der Waals surface area (Å²) in [6.45, 7) is 1.81. The van der Waals surface area contributed by atoms with Crippen molar-refractivity contribution in [1.82, 2.24) is 33.7 Å². The maximum Gasteiger partial charge on any atom is 0.360 e. The van der Waals surface area contributed by atoms with Gasteiger partial charge in [0, 0.05) is 20.6 Å². The summed E-state index contributed by atoms with van der Waals surface area (Å²) in [4.78, 5) is 43.0. The first-order valence-electron chi connectivity index (χ1n) is 9.66. The van der Waals surface area contributed by atoms with Gasteiger partial charge >= 0.3 is 11.7 Å². The van der Waals surface area contributed by atoms with Gasteiger partial charge in [0.25, 0.3) is 5.56 Å². The predicted octanol–water partition coefficient (Wildman–Crippen LogP) is 0.570. The minimum absolute atomic E-state index is 0.0233. The Balaban J connectivity index is 1.44. The van der Waals surface area contributed by atoms with Gasteiger partial charge in [-0.15, -0.1) is 5.10 Å². The number of fused-ring (bicyclic) bond motifs is 1. The van der Waals surface area contributed by atoms with Crippen LogP contribution in [0.3, 0.4) is 0 Å². The van der Waals surface area contributed by atoms with E-state index in [0.717, 1.165) is 10.3 Å². The van der Waals surface area contributed by atoms with Crippen LogP contribution in [0.2, 0.25) is 0 Å². The van der Waals surface area contributed by atoms with E-state index in [4.69, 9.17) is 4.74 Å². The molecule has 160 valence electrons. The number of hydrogen-bond acceptors (Lipinski definition) is 7. The van der Waals surface area contributed by atoms with Crippen LogP contribution in [0.4, 0.5) is 0 Å². The highest BCUT2D eigenvalue weighted by Crippen LogP contribution is 2.09. The first kappa shape index (κ1) is 20.3. The summed E-state index contributed by atoms with van der Waals surface area (Å²) in [6.07, 6.45) is 1.78. The van der Waals surface area contributed by atoms with Crippen LogP contribution in [0.1, 0.15) is 22.6 Å². The van der Waals surface area contributed by atoms with Gasteiger partial charge < -0.3 is 9.30 Å². The van der Waals surface area contributed by atoms with Crippen molar-refractivity contribution in [2.75, 3.05) is 6.61 Å². The first-order chi connectivity index (χ1) is 14.9. The average molecular weight is 423 g/mol. The second kappa shape index (κ2) is 8.01. The number of nitrogens with zero attached hydrogens (tertiary/aromatic N) is 7. The van der Waals surface area contributed by atoms with Crippen LogP contribution < -0.4 is 11.2 Å². The molecule has 0 fully saturated rings. The van der Waals surface area contributed by atoms with Crippen molar-refractivity contribution in [3.8, 4) is 5.69 Å². The summed E-state index contributed by atoms with van der Waals surface area (Å²) in [5.74, 6) is -0.609. The molecule has 1 aromatic carbocycles. The van der Waals surface area contributed by atoms with Crippen molar-refractivity contribution in [2.45, 2.75) is 19.9 Å². The highest BCUT2D eigenvalue weighted by Gasteiger charge is 2.18. The lowest BCUT2D eigenvalue weighted by molar-refractivity contribution is 0.0487. The molecule has 4 aromatic rings. The molecule has 0 aliphatic carbocycles. The molecule has 0 amide bonds. The number of carbonyl (C=O) groups is 1. The summed E-state index contributed by atoms with van der Waals surface area (Å²) in [6, 6.07) is 9.22. The summed E-state index contributed by atoms with van der Waals surface area (Å²) in [5, 5.41) is 8.46. The van der Waals surface area contributed by atoms with Gasteiger partial charge in [0.05, 0.1) is 24.3 Å². The number of esters is 1. The van der Waals surface area contributed by atoms with E-state index in [2.05, 4.69) is 15.2 Å². The fraction of sp³-hybridized carbons (Fsp3) is 0.300. The molecule has 0 atom stereocenters. The largest absolute Gasteiger partial charge is 0.461 e. The fourth-order valence-electron chi connectivity index (χ4n) is 3.29. The van der Waals surface area contributed by atoms with Crippen LogP contribution in [0.25, 0.3) is 16.9 Å². The van der Waals surface area contributed by atoms with Crippen molar-refractivity contribution in [3.05, 3.63) is 68.9 Å². The van der Waals surface area contributed by atoms with E-state index < -0.39 is 17.2 Å². The van der Waals surface area contributed by atoms with Crippen molar-refractivity contribution in [1.29, 1.82) is 0 Å². The Morgan fingerprint density at radius 2 is 1.84 bits per heavy atom. The van der Waals surface area contributed by atoms with Crippen LogP contribution >= 0.6 is 0 Å². The molecule has 4 rings (SSSR count). The van der Waals surface area contributed by atoms with E-state index in [1.54, 1.807) is 25.6 Å². The Kier molecular flexibility index (Phi) is 5.24. The first-order valence-corrected chi connectivity index (χ1v) is 9.66. The van der Waals surface area contributed by atoms with Crippen LogP contribution in [-0.2, 0) is 25.4 Å². The van der Waals surface area contributed by atoms with Crippen LogP contribution in [0.15, 0.2) is 46.2 Å². The number of rotatable bonds is 6. The molecular weight excluding hydrogens is 402 g/mol. The van der Waals surface area contributed by atoms with E-state index in [-0.39, 0.29) is 25.3 Å². The molecule has 0 aliphatic rings. The highest BCUT2D eigenvalue weighted by atomic mass is 16.5. The lowest BCUT2D eigenvalue weighted by Crippen LogP contribution is -2.39. The minimum Gasteiger partial charge on any atom is -0.461 e. The molecule has 0 radical (unpaired) electrons. The molecule has 0 saturated carbocycles. The Bertz CT molecular complexity index is 1380. The smallest absolute Gasteiger partial charge is 0.360 e. The van der Waals surface area contributed by atoms with Crippen molar-refractivity contribution < 1.29 is 9.53 Å². The predicted molar refractivity (Wildman–Crippen MR) is 111 cm³/mol. The zero-order valence-corrected chi connectivity index (χ0v) is 17.3. The number of aromatic nitrogens is 7. The van der Waals surface area contributed by atoms with Gasteiger partial charge in [-0.3, -0.25) is 13.9 Å². The second-order valence-electron chi connectivity index (χ2n) is 7.07. The number of ether oxygens (including phenoxy) is 1. The maximum absolute atomic E-state index is 12.7. The Morgan fingerprint density at radius 3 is 2.58 bits per heavy atom. The molecule has 0 aliphatic heterocycles. The van der Waals surface area contributed by atoms with Crippen LogP contribution in [-0.4, -0.2) is 46.3 Å². The van der Waals surface area contributed by atoms with Crippen molar-refractivity contribution >= 4 is 17.1 Å². The van der Waals surface area contributed by atoms with Crippen LogP contribution in [0.5, 0.6) is 0 Å². The molecule has 31 heavy (non-hydrogen) atoms. The van der Waals surface area contributed by atoms with E-state index in [0.29, 0.717) is 16.9 Å². The normalized spacial score (nSPS) is 11.2. The van der Waals surface area contributed by atoms with Crippen LogP contribution in [0, 0.1) is 6.92 Å². The van der Waals surface area contributed by atoms with Gasteiger partial charge in [-0.2, -0.15) is 9.90 Å². The van der Waals surface area contributed by atoms with Gasteiger partial charge in [0.15, 0.2) is 16.9 Å². The number of benzene rings is 1. The summed E-state index contributed by atoms with van der Waals surface area (Å²) >= 11 is 0. The Labute approximate surface area is 176 Å². The zero-order chi connectivity index (χ0) is 22.1. The average Bonchev–Trinajstić information content (AvgIpc) is 3.35. The molecule has 11 heteroatoms. The Hall–Kier alpha value is -4.02. The lowest BCUT2D eigenvalue weighted by atomic mass is 10.3. The van der Waals surface area contributed by atoms with Gasteiger partial charge in [0.1, 0.15) is 0 Å². The van der Waals surface area contributed by atoms with Gasteiger partial charge in [-0.1, -0.05) is 18.2 Å². The molecule has 0 spiro atoms. The number of carbonyl (C=O) groups excluding carboxylic acids is 1. The molecule has 0 bridgehead atoms. The Morgan fingerprint density at radius 1 is 1.10 bits per heavy atom.